The Balaban J connectivity index is 1.62. The molecule has 4 rings (SSSR count). The van der Waals surface area contributed by atoms with Gasteiger partial charge in [-0.05, 0) is 54.6 Å². The third-order valence-corrected chi connectivity index (χ3v) is 6.04. The first-order chi connectivity index (χ1) is 13.7. The molecule has 0 saturated carbocycles. The van der Waals surface area contributed by atoms with Gasteiger partial charge in [-0.25, -0.2) is 4.68 Å². The molecule has 6 heteroatoms. The van der Waals surface area contributed by atoms with Gasteiger partial charge in [0, 0.05) is 28.4 Å². The molecule has 0 fully saturated rings. The van der Waals surface area contributed by atoms with Crippen molar-refractivity contribution in [1.29, 1.82) is 0 Å². The van der Waals surface area contributed by atoms with E-state index in [2.05, 4.69) is 42.0 Å². The highest BCUT2D eigenvalue weighted by Gasteiger charge is 2.26. The van der Waals surface area contributed by atoms with Crippen molar-refractivity contribution in [2.24, 2.45) is 0 Å². The van der Waals surface area contributed by atoms with Gasteiger partial charge in [0.2, 0.25) is 5.88 Å². The van der Waals surface area contributed by atoms with Crippen LogP contribution in [0, 0.1) is 0 Å². The maximum absolute atomic E-state index is 6.02. The second kappa shape index (κ2) is 9.03. The summed E-state index contributed by atoms with van der Waals surface area (Å²) in [7, 11) is 0. The highest BCUT2D eigenvalue weighted by molar-refractivity contribution is 7.97. The van der Waals surface area contributed by atoms with Crippen LogP contribution in [0.2, 0.25) is 5.02 Å². The monoisotopic (exact) mass is 413 g/mol. The number of hydrogen-bond donors (Lipinski definition) is 1. The van der Waals surface area contributed by atoms with Gasteiger partial charge in [-0.15, -0.1) is 0 Å². The van der Waals surface area contributed by atoms with E-state index in [1.807, 2.05) is 28.9 Å². The molecular formula is C22H24ClN3OS. The first kappa shape index (κ1) is 19.4. The molecule has 1 aliphatic rings. The van der Waals surface area contributed by atoms with E-state index in [4.69, 9.17) is 21.4 Å². The van der Waals surface area contributed by atoms with Gasteiger partial charge in [0.25, 0.3) is 0 Å². The smallest absolute Gasteiger partial charge is 0.215 e. The normalized spacial score (nSPS) is 14.4. The number of benzene rings is 2. The van der Waals surface area contributed by atoms with Crippen molar-refractivity contribution < 1.29 is 4.74 Å². The molecule has 1 aromatic heterocycles. The van der Waals surface area contributed by atoms with Gasteiger partial charge in [0.05, 0.1) is 18.3 Å². The van der Waals surface area contributed by atoms with E-state index in [1.165, 1.54) is 11.1 Å². The third-order valence-electron chi connectivity index (χ3n) is 4.88. The molecule has 4 nitrogen and oxygen atoms in total. The molecule has 0 saturated heterocycles. The van der Waals surface area contributed by atoms with Crippen molar-refractivity contribution in [1.82, 2.24) is 14.5 Å². The molecule has 146 valence electrons. The molecule has 2 aromatic carbocycles. The molecule has 0 aliphatic carbocycles. The van der Waals surface area contributed by atoms with E-state index in [0.29, 0.717) is 0 Å². The quantitative estimate of drug-likeness (QED) is 0.522. The molecule has 3 aromatic rings. The minimum absolute atomic E-state index is 0.0831. The highest BCUT2D eigenvalue weighted by atomic mass is 35.5. The molecule has 1 atom stereocenters. The number of hydrogen-bond acceptors (Lipinski definition) is 4. The number of aromatic nitrogens is 2. The van der Waals surface area contributed by atoms with Gasteiger partial charge in [-0.1, -0.05) is 48.9 Å². The predicted octanol–water partition coefficient (Wildman–Crippen LogP) is 5.46. The van der Waals surface area contributed by atoms with E-state index in [0.717, 1.165) is 53.9 Å². The van der Waals surface area contributed by atoms with Gasteiger partial charge in [0.1, 0.15) is 0 Å². The summed E-state index contributed by atoms with van der Waals surface area (Å²) < 4.78 is 11.6. The Hall–Kier alpha value is -1.95. The lowest BCUT2D eigenvalue weighted by molar-refractivity contribution is 0.228. The summed E-state index contributed by atoms with van der Waals surface area (Å²) in [5.41, 5.74) is 3.58. The maximum atomic E-state index is 6.02. The van der Waals surface area contributed by atoms with Crippen LogP contribution in [0.1, 0.15) is 36.2 Å². The first-order valence-corrected chi connectivity index (χ1v) is 10.9. The number of halogens is 1. The van der Waals surface area contributed by atoms with Crippen LogP contribution in [0.5, 0.6) is 5.88 Å². The summed E-state index contributed by atoms with van der Waals surface area (Å²) in [6.07, 6.45) is 2.78. The molecule has 0 amide bonds. The van der Waals surface area contributed by atoms with Gasteiger partial charge >= 0.3 is 0 Å². The average molecular weight is 414 g/mol. The molecule has 0 radical (unpaired) electrons. The van der Waals surface area contributed by atoms with Gasteiger partial charge in [-0.2, -0.15) is 5.10 Å². The lowest BCUT2D eigenvalue weighted by Gasteiger charge is -2.18. The zero-order chi connectivity index (χ0) is 19.3. The summed E-state index contributed by atoms with van der Waals surface area (Å²) in [5, 5.41) is 5.69. The van der Waals surface area contributed by atoms with Crippen molar-refractivity contribution in [2.75, 3.05) is 6.61 Å². The molecule has 0 spiro atoms. The Kier molecular flexibility index (Phi) is 6.25. The zero-order valence-corrected chi connectivity index (χ0v) is 17.5. The van der Waals surface area contributed by atoms with Gasteiger partial charge < -0.3 is 4.74 Å². The minimum Gasteiger partial charge on any atom is -0.478 e. The van der Waals surface area contributed by atoms with Crippen LogP contribution in [0.4, 0.5) is 0 Å². The van der Waals surface area contributed by atoms with Crippen LogP contribution in [0.15, 0.2) is 59.5 Å². The van der Waals surface area contributed by atoms with Crippen LogP contribution in [-0.2, 0) is 19.4 Å². The van der Waals surface area contributed by atoms with Crippen molar-refractivity contribution >= 4 is 23.5 Å². The standard InChI is InChI=1S/C22H24ClN3OS/c1-2-19-21(24-26-13-6-14-27-22(19)26)20(15-16-7-4-3-5-8-16)25-28-18-11-9-17(23)10-12-18/h3-5,7-12,20,25H,2,6,13-15H2,1H3. The average Bonchev–Trinajstić information content (AvgIpc) is 3.11. The first-order valence-electron chi connectivity index (χ1n) is 9.69. The van der Waals surface area contributed by atoms with Gasteiger partial charge in [0.15, 0.2) is 0 Å². The Morgan fingerprint density at radius 1 is 1.18 bits per heavy atom. The number of fused-ring (bicyclic) bond motifs is 1. The highest BCUT2D eigenvalue weighted by Crippen LogP contribution is 2.33. The van der Waals surface area contributed by atoms with Crippen LogP contribution < -0.4 is 9.46 Å². The summed E-state index contributed by atoms with van der Waals surface area (Å²) in [5.74, 6) is 0.945. The summed E-state index contributed by atoms with van der Waals surface area (Å²) >= 11 is 7.64. The van der Waals surface area contributed by atoms with E-state index in [9.17, 15) is 0 Å². The third kappa shape index (κ3) is 4.37. The lowest BCUT2D eigenvalue weighted by atomic mass is 10.0. The van der Waals surface area contributed by atoms with Crippen LogP contribution in [0.25, 0.3) is 0 Å². The van der Waals surface area contributed by atoms with E-state index >= 15 is 0 Å². The number of nitrogens with zero attached hydrogens (tertiary/aromatic N) is 2. The van der Waals surface area contributed by atoms with E-state index < -0.39 is 0 Å². The molecule has 1 unspecified atom stereocenters. The predicted molar refractivity (Wildman–Crippen MR) is 115 cm³/mol. The molecule has 28 heavy (non-hydrogen) atoms. The molecule has 0 bridgehead atoms. The molecule has 1 N–H and O–H groups in total. The van der Waals surface area contributed by atoms with Crippen molar-refractivity contribution in [3.05, 3.63) is 76.4 Å². The molecular weight excluding hydrogens is 390 g/mol. The fourth-order valence-electron chi connectivity index (χ4n) is 3.50. The van der Waals surface area contributed by atoms with Gasteiger partial charge in [-0.3, -0.25) is 4.72 Å². The second-order valence-corrected chi connectivity index (χ2v) is 8.21. The number of rotatable bonds is 7. The SMILES string of the molecule is CCc1c(C(Cc2ccccc2)NSc2ccc(Cl)cc2)nn2c1OCCC2. The van der Waals surface area contributed by atoms with Crippen molar-refractivity contribution in [2.45, 2.75) is 43.7 Å². The van der Waals surface area contributed by atoms with Crippen LogP contribution >= 0.6 is 23.5 Å². The largest absolute Gasteiger partial charge is 0.478 e. The summed E-state index contributed by atoms with van der Waals surface area (Å²) in [6.45, 7) is 3.87. The fourth-order valence-corrected chi connectivity index (χ4v) is 4.37. The number of aryl methyl sites for hydroxylation is 1. The Morgan fingerprint density at radius 2 is 1.96 bits per heavy atom. The van der Waals surface area contributed by atoms with E-state index in [-0.39, 0.29) is 6.04 Å². The Morgan fingerprint density at radius 3 is 2.71 bits per heavy atom. The van der Waals surface area contributed by atoms with Crippen LogP contribution in [-0.4, -0.2) is 16.4 Å². The number of nitrogens with one attached hydrogen (secondary N) is 1. The molecule has 1 aliphatic heterocycles. The lowest BCUT2D eigenvalue weighted by Crippen LogP contribution is -2.19. The van der Waals surface area contributed by atoms with Crippen molar-refractivity contribution in [3.8, 4) is 5.88 Å². The minimum atomic E-state index is 0.0831. The summed E-state index contributed by atoms with van der Waals surface area (Å²) in [6, 6.07) is 18.5. The van der Waals surface area contributed by atoms with Crippen molar-refractivity contribution in [3.63, 3.8) is 0 Å². The second-order valence-electron chi connectivity index (χ2n) is 6.86. The fraction of sp³-hybridized carbons (Fsp3) is 0.318. The van der Waals surface area contributed by atoms with Crippen LogP contribution in [0.3, 0.4) is 0 Å². The topological polar surface area (TPSA) is 39.1 Å². The Labute approximate surface area is 175 Å². The maximum Gasteiger partial charge on any atom is 0.215 e. The molecule has 2 heterocycles. The summed E-state index contributed by atoms with van der Waals surface area (Å²) in [4.78, 5) is 1.13. The zero-order valence-electron chi connectivity index (χ0n) is 15.9. The number of ether oxygens (including phenoxy) is 1. The Bertz CT molecular complexity index is 912. The van der Waals surface area contributed by atoms with E-state index in [1.54, 1.807) is 11.9 Å².